The molecule has 0 aliphatic heterocycles. The number of aryl methyl sites for hydroxylation is 1. The van der Waals surface area contributed by atoms with Gasteiger partial charge in [-0.2, -0.15) is 0 Å². The van der Waals surface area contributed by atoms with E-state index in [4.69, 9.17) is 4.74 Å². The maximum absolute atomic E-state index is 12.0. The number of aromatic nitrogens is 1. The summed E-state index contributed by atoms with van der Waals surface area (Å²) in [7, 11) is 0. The molecule has 0 aliphatic rings. The number of esters is 1. The highest BCUT2D eigenvalue weighted by Gasteiger charge is 2.21. The van der Waals surface area contributed by atoms with Crippen molar-refractivity contribution in [3.05, 3.63) is 22.5 Å². The average molecular weight is 325 g/mol. The molecule has 1 rings (SSSR count). The summed E-state index contributed by atoms with van der Waals surface area (Å²) in [5.41, 5.74) is 2.03. The molecule has 1 aromatic heterocycles. The van der Waals surface area contributed by atoms with Gasteiger partial charge in [0.05, 0.1) is 6.10 Å². The number of H-pyrrole nitrogens is 1. The number of nitrogens with one attached hydrogen (secondary N) is 3. The molecule has 0 saturated carbocycles. The van der Waals surface area contributed by atoms with Crippen molar-refractivity contribution in [3.8, 4) is 0 Å². The van der Waals surface area contributed by atoms with Crippen LogP contribution in [0.2, 0.25) is 0 Å². The smallest absolute Gasteiger partial charge is 0.355 e. The Hall–Kier alpha value is -2.35. The second-order valence-corrected chi connectivity index (χ2v) is 5.59. The van der Waals surface area contributed by atoms with Gasteiger partial charge < -0.3 is 20.1 Å². The fourth-order valence-corrected chi connectivity index (χ4v) is 2.26. The molecule has 3 amide bonds. The summed E-state index contributed by atoms with van der Waals surface area (Å²) in [5, 5.41) is 14.2. The number of urea groups is 1. The number of aliphatic hydroxyl groups excluding tert-OH is 1. The van der Waals surface area contributed by atoms with E-state index >= 15 is 0 Å². The second kappa shape index (κ2) is 7.77. The third-order valence-electron chi connectivity index (χ3n) is 3.12. The summed E-state index contributed by atoms with van der Waals surface area (Å²) in [4.78, 5) is 37.7. The first-order chi connectivity index (χ1) is 10.6. The first-order valence-electron chi connectivity index (χ1n) is 7.28. The maximum atomic E-state index is 12.0. The monoisotopic (exact) mass is 325 g/mol. The third-order valence-corrected chi connectivity index (χ3v) is 3.12. The number of hydrogen-bond acceptors (Lipinski definition) is 5. The normalized spacial score (nSPS) is 12.0. The largest absolute Gasteiger partial charge is 0.451 e. The summed E-state index contributed by atoms with van der Waals surface area (Å²) < 4.78 is 4.88. The lowest BCUT2D eigenvalue weighted by molar-refractivity contribution is -0.123. The van der Waals surface area contributed by atoms with Gasteiger partial charge in [-0.15, -0.1) is 0 Å². The predicted molar refractivity (Wildman–Crippen MR) is 83.0 cm³/mol. The molecule has 0 saturated heterocycles. The van der Waals surface area contributed by atoms with Gasteiger partial charge in [0, 0.05) is 17.3 Å². The molecule has 23 heavy (non-hydrogen) atoms. The minimum Gasteiger partial charge on any atom is -0.451 e. The molecular formula is C15H23N3O5. The van der Waals surface area contributed by atoms with Crippen LogP contribution in [0.5, 0.6) is 0 Å². The highest BCUT2D eigenvalue weighted by molar-refractivity contribution is 5.97. The van der Waals surface area contributed by atoms with Gasteiger partial charge in [0.25, 0.3) is 5.91 Å². The summed E-state index contributed by atoms with van der Waals surface area (Å²) in [6.45, 7) is 7.93. The molecule has 128 valence electrons. The highest BCUT2D eigenvalue weighted by atomic mass is 16.5. The molecule has 0 aromatic carbocycles. The van der Waals surface area contributed by atoms with Gasteiger partial charge in [-0.05, 0) is 40.2 Å². The lowest BCUT2D eigenvalue weighted by Gasteiger charge is -2.09. The number of rotatable bonds is 5. The average Bonchev–Trinajstić information content (AvgIpc) is 2.70. The number of carbonyl (C=O) groups is 3. The standard InChI is InChI=1S/C15H23N3O5/c1-7(2)16-15(22)18-11(20)6-23-14(21)13-8(3)12(10(5)19)9(4)17-13/h7,10,17,19H,6H2,1-5H3,(H2,16,18,20,22)/t10-/m1/s1. The van der Waals surface area contributed by atoms with Crippen LogP contribution in [0.15, 0.2) is 0 Å². The van der Waals surface area contributed by atoms with Crippen LogP contribution in [0.1, 0.15) is 54.2 Å². The fraction of sp³-hybridized carbons (Fsp3) is 0.533. The molecule has 8 nitrogen and oxygen atoms in total. The quantitative estimate of drug-likeness (QED) is 0.604. The van der Waals surface area contributed by atoms with E-state index in [1.54, 1.807) is 34.6 Å². The van der Waals surface area contributed by atoms with Crippen molar-refractivity contribution >= 4 is 17.9 Å². The van der Waals surface area contributed by atoms with Crippen molar-refractivity contribution in [2.45, 2.75) is 46.8 Å². The second-order valence-electron chi connectivity index (χ2n) is 5.59. The van der Waals surface area contributed by atoms with Gasteiger partial charge >= 0.3 is 12.0 Å². The van der Waals surface area contributed by atoms with Crippen molar-refractivity contribution in [3.63, 3.8) is 0 Å². The van der Waals surface area contributed by atoms with Crippen LogP contribution in [0.4, 0.5) is 4.79 Å². The summed E-state index contributed by atoms with van der Waals surface area (Å²) in [5.74, 6) is -1.45. The van der Waals surface area contributed by atoms with E-state index in [1.165, 1.54) is 0 Å². The maximum Gasteiger partial charge on any atom is 0.355 e. The number of ether oxygens (including phenoxy) is 1. The van der Waals surface area contributed by atoms with Crippen LogP contribution in [0.25, 0.3) is 0 Å². The molecule has 0 spiro atoms. The number of hydrogen-bond donors (Lipinski definition) is 4. The Balaban J connectivity index is 2.63. The number of carbonyl (C=O) groups excluding carboxylic acids is 3. The van der Waals surface area contributed by atoms with E-state index in [2.05, 4.69) is 15.6 Å². The van der Waals surface area contributed by atoms with Crippen molar-refractivity contribution in [2.75, 3.05) is 6.61 Å². The van der Waals surface area contributed by atoms with Gasteiger partial charge in [-0.3, -0.25) is 10.1 Å². The molecule has 0 aliphatic carbocycles. The van der Waals surface area contributed by atoms with Gasteiger partial charge in [0.1, 0.15) is 5.69 Å². The number of imide groups is 1. The van der Waals surface area contributed by atoms with E-state index in [0.29, 0.717) is 16.8 Å². The van der Waals surface area contributed by atoms with Crippen LogP contribution < -0.4 is 10.6 Å². The zero-order valence-electron chi connectivity index (χ0n) is 13.9. The summed E-state index contributed by atoms with van der Waals surface area (Å²) in [6, 6.07) is -0.766. The van der Waals surface area contributed by atoms with Gasteiger partial charge in [-0.1, -0.05) is 0 Å². The van der Waals surface area contributed by atoms with Crippen LogP contribution in [-0.4, -0.2) is 40.6 Å². The Kier molecular flexibility index (Phi) is 6.32. The molecule has 0 unspecified atom stereocenters. The number of aliphatic hydroxyl groups is 1. The van der Waals surface area contributed by atoms with Gasteiger partial charge in [0.15, 0.2) is 6.61 Å². The molecule has 0 fully saturated rings. The Morgan fingerprint density at radius 3 is 2.30 bits per heavy atom. The van der Waals surface area contributed by atoms with Crippen molar-refractivity contribution in [1.82, 2.24) is 15.6 Å². The molecular weight excluding hydrogens is 302 g/mol. The first kappa shape index (κ1) is 18.7. The fourth-order valence-electron chi connectivity index (χ4n) is 2.26. The lowest BCUT2D eigenvalue weighted by atomic mass is 10.1. The molecule has 0 radical (unpaired) electrons. The lowest BCUT2D eigenvalue weighted by Crippen LogP contribution is -2.44. The Labute approximate surface area is 134 Å². The summed E-state index contributed by atoms with van der Waals surface area (Å²) >= 11 is 0. The molecule has 1 heterocycles. The first-order valence-corrected chi connectivity index (χ1v) is 7.28. The van der Waals surface area contributed by atoms with Crippen LogP contribution in [0.3, 0.4) is 0 Å². The number of aromatic amines is 1. The molecule has 1 atom stereocenters. The minimum atomic E-state index is -0.729. The van der Waals surface area contributed by atoms with Crippen molar-refractivity contribution in [1.29, 1.82) is 0 Å². The van der Waals surface area contributed by atoms with Crippen molar-refractivity contribution < 1.29 is 24.2 Å². The Morgan fingerprint density at radius 1 is 1.22 bits per heavy atom. The summed E-state index contributed by atoms with van der Waals surface area (Å²) in [6.07, 6.45) is -0.726. The van der Waals surface area contributed by atoms with Crippen molar-refractivity contribution in [2.24, 2.45) is 0 Å². The van der Waals surface area contributed by atoms with Gasteiger partial charge in [0.2, 0.25) is 0 Å². The van der Waals surface area contributed by atoms with E-state index in [9.17, 15) is 19.5 Å². The Morgan fingerprint density at radius 2 is 1.83 bits per heavy atom. The molecule has 8 heteroatoms. The predicted octanol–water partition coefficient (Wildman–Crippen LogP) is 1.08. The van der Waals surface area contributed by atoms with Crippen LogP contribution in [0, 0.1) is 13.8 Å². The zero-order chi connectivity index (χ0) is 17.7. The number of amides is 3. The molecule has 4 N–H and O–H groups in total. The third kappa shape index (κ3) is 5.10. The highest BCUT2D eigenvalue weighted by Crippen LogP contribution is 2.24. The van der Waals surface area contributed by atoms with E-state index in [0.717, 1.165) is 0 Å². The van der Waals surface area contributed by atoms with Crippen LogP contribution >= 0.6 is 0 Å². The zero-order valence-corrected chi connectivity index (χ0v) is 13.9. The topological polar surface area (TPSA) is 121 Å². The molecule has 0 bridgehead atoms. The Bertz CT molecular complexity index is 604. The minimum absolute atomic E-state index is 0.117. The van der Waals surface area contributed by atoms with Gasteiger partial charge in [-0.25, -0.2) is 9.59 Å². The SMILES string of the molecule is Cc1[nH]c(C(=O)OCC(=O)NC(=O)NC(C)C)c(C)c1[C@@H](C)O. The van der Waals surface area contributed by atoms with Crippen LogP contribution in [-0.2, 0) is 9.53 Å². The van der Waals surface area contributed by atoms with E-state index < -0.39 is 30.6 Å². The molecule has 1 aromatic rings. The van der Waals surface area contributed by atoms with E-state index in [-0.39, 0.29) is 11.7 Å². The van der Waals surface area contributed by atoms with E-state index in [1.807, 2.05) is 0 Å².